The highest BCUT2D eigenvalue weighted by Crippen LogP contribution is 2.52. The van der Waals surface area contributed by atoms with Gasteiger partial charge in [-0.1, -0.05) is 52.3 Å². The molecule has 274 valence electrons. The molecule has 0 radical (unpaired) electrons. The summed E-state index contributed by atoms with van der Waals surface area (Å²) < 4.78 is 49.5. The number of esters is 2. The van der Waals surface area contributed by atoms with Crippen molar-refractivity contribution in [1.29, 1.82) is 0 Å². The van der Waals surface area contributed by atoms with Gasteiger partial charge >= 0.3 is 11.9 Å². The highest BCUT2D eigenvalue weighted by molar-refractivity contribution is 5.94. The van der Waals surface area contributed by atoms with Crippen LogP contribution in [0.2, 0.25) is 0 Å². The fourth-order valence-corrected chi connectivity index (χ4v) is 7.63. The smallest absolute Gasteiger partial charge is 0.337 e. The molecule has 4 aromatic carbocycles. The standard InChI is InChI=1S/C22H25FO3.C22H23FO3/c2*1-22(2)11-5-6-19(22)17-12-14(21(24)26-4)7-9-16(17)18-13-15(25-3)8-10-20(18)23/h7-10,12-13,19H,5-6,11H2,1-4H3;6-10,12-13H,5,11H2,1-4H3. The molecule has 1 atom stereocenters. The van der Waals surface area contributed by atoms with Crippen LogP contribution in [-0.2, 0) is 9.47 Å². The van der Waals surface area contributed by atoms with Crippen LogP contribution >= 0.6 is 0 Å². The van der Waals surface area contributed by atoms with Crippen LogP contribution in [0.15, 0.2) is 78.9 Å². The van der Waals surface area contributed by atoms with Gasteiger partial charge in [0.05, 0.1) is 39.6 Å². The van der Waals surface area contributed by atoms with Crippen molar-refractivity contribution in [3.63, 3.8) is 0 Å². The zero-order valence-corrected chi connectivity index (χ0v) is 31.3. The van der Waals surface area contributed by atoms with Crippen LogP contribution in [0.4, 0.5) is 8.78 Å². The van der Waals surface area contributed by atoms with Crippen LogP contribution in [0.5, 0.6) is 11.5 Å². The topological polar surface area (TPSA) is 71.1 Å². The minimum Gasteiger partial charge on any atom is -0.497 e. The summed E-state index contributed by atoms with van der Waals surface area (Å²) in [6.45, 7) is 8.81. The van der Waals surface area contributed by atoms with E-state index in [2.05, 4.69) is 33.8 Å². The maximum Gasteiger partial charge on any atom is 0.337 e. The van der Waals surface area contributed by atoms with Crippen molar-refractivity contribution < 1.29 is 37.3 Å². The van der Waals surface area contributed by atoms with E-state index in [9.17, 15) is 18.4 Å². The fraction of sp³-hybridized carbons (Fsp3) is 0.364. The summed E-state index contributed by atoms with van der Waals surface area (Å²) in [5.74, 6) is 0.0508. The molecule has 0 amide bonds. The van der Waals surface area contributed by atoms with Gasteiger partial charge in [-0.2, -0.15) is 0 Å². The first-order valence-corrected chi connectivity index (χ1v) is 17.6. The van der Waals surface area contributed by atoms with Gasteiger partial charge in [0.1, 0.15) is 23.1 Å². The average molecular weight is 711 g/mol. The van der Waals surface area contributed by atoms with Gasteiger partial charge in [0.2, 0.25) is 0 Å². The molecule has 1 saturated carbocycles. The average Bonchev–Trinajstić information content (AvgIpc) is 3.70. The Bertz CT molecular complexity index is 1990. The van der Waals surface area contributed by atoms with Crippen LogP contribution in [0.1, 0.15) is 97.6 Å². The van der Waals surface area contributed by atoms with E-state index in [4.69, 9.17) is 18.9 Å². The van der Waals surface area contributed by atoms with Gasteiger partial charge in [-0.15, -0.1) is 0 Å². The molecule has 0 aromatic heterocycles. The molecule has 0 aliphatic heterocycles. The number of hydrogen-bond acceptors (Lipinski definition) is 6. The predicted molar refractivity (Wildman–Crippen MR) is 201 cm³/mol. The summed E-state index contributed by atoms with van der Waals surface area (Å²) >= 11 is 0. The van der Waals surface area contributed by atoms with Crippen LogP contribution in [0, 0.1) is 22.5 Å². The maximum absolute atomic E-state index is 14.6. The van der Waals surface area contributed by atoms with Crippen molar-refractivity contribution >= 4 is 17.5 Å². The van der Waals surface area contributed by atoms with E-state index >= 15 is 0 Å². The van der Waals surface area contributed by atoms with Gasteiger partial charge in [0.15, 0.2) is 0 Å². The number of benzene rings is 4. The van der Waals surface area contributed by atoms with Crippen molar-refractivity contribution in [1.82, 2.24) is 0 Å². The van der Waals surface area contributed by atoms with Crippen LogP contribution in [0.3, 0.4) is 0 Å². The van der Waals surface area contributed by atoms with Gasteiger partial charge in [-0.25, -0.2) is 18.4 Å². The van der Waals surface area contributed by atoms with E-state index in [0.29, 0.717) is 33.8 Å². The molecule has 0 bridgehead atoms. The third kappa shape index (κ3) is 7.91. The Labute approximate surface area is 305 Å². The van der Waals surface area contributed by atoms with E-state index < -0.39 is 5.97 Å². The summed E-state index contributed by atoms with van der Waals surface area (Å²) in [5.41, 5.74) is 6.51. The Hall–Kier alpha value is -4.98. The molecule has 0 heterocycles. The third-order valence-corrected chi connectivity index (χ3v) is 10.6. The lowest BCUT2D eigenvalue weighted by molar-refractivity contribution is 0.0591. The molecule has 0 saturated heterocycles. The minimum atomic E-state index is -0.402. The zero-order chi connectivity index (χ0) is 37.8. The van der Waals surface area contributed by atoms with E-state index in [1.807, 2.05) is 12.1 Å². The molecule has 2 aliphatic rings. The molecule has 4 aromatic rings. The Balaban J connectivity index is 0.000000201. The number of halogens is 2. The second kappa shape index (κ2) is 15.7. The molecule has 6 nitrogen and oxygen atoms in total. The van der Waals surface area contributed by atoms with E-state index in [1.54, 1.807) is 62.8 Å². The minimum absolute atomic E-state index is 0.0428. The molecule has 0 spiro atoms. The lowest BCUT2D eigenvalue weighted by Crippen LogP contribution is -2.17. The number of methoxy groups -OCH3 is 4. The SMILES string of the molecule is COC(=O)c1ccc(-c2cc(OC)ccc2F)c(C2=CCCC2(C)C)c1.COC(=O)c1ccc(-c2cc(OC)ccc2F)c(C2CCCC2(C)C)c1. The zero-order valence-electron chi connectivity index (χ0n) is 31.3. The Morgan fingerprint density at radius 1 is 0.635 bits per heavy atom. The number of rotatable bonds is 8. The second-order valence-electron chi connectivity index (χ2n) is 14.7. The van der Waals surface area contributed by atoms with Crippen molar-refractivity contribution in [2.45, 2.75) is 65.7 Å². The fourth-order valence-electron chi connectivity index (χ4n) is 7.63. The summed E-state index contributed by atoms with van der Waals surface area (Å²) in [6.07, 6.45) is 7.42. The summed E-state index contributed by atoms with van der Waals surface area (Å²) in [6, 6.07) is 20.1. The first-order valence-electron chi connectivity index (χ1n) is 17.6. The van der Waals surface area contributed by atoms with Crippen LogP contribution < -0.4 is 9.47 Å². The molecule has 6 rings (SSSR count). The van der Waals surface area contributed by atoms with Crippen molar-refractivity contribution in [3.8, 4) is 33.8 Å². The van der Waals surface area contributed by atoms with Crippen LogP contribution in [0.25, 0.3) is 27.8 Å². The van der Waals surface area contributed by atoms with Gasteiger partial charge in [0, 0.05) is 11.1 Å². The lowest BCUT2D eigenvalue weighted by atomic mass is 9.75. The normalized spacial score (nSPS) is 17.0. The first kappa shape index (κ1) is 38.3. The molecule has 0 N–H and O–H groups in total. The Kier molecular flexibility index (Phi) is 11.6. The highest BCUT2D eigenvalue weighted by Gasteiger charge is 2.37. The summed E-state index contributed by atoms with van der Waals surface area (Å²) in [4.78, 5) is 24.1. The predicted octanol–water partition coefficient (Wildman–Crippen LogP) is 11.1. The maximum atomic E-state index is 14.6. The van der Waals surface area contributed by atoms with Gasteiger partial charge < -0.3 is 18.9 Å². The highest BCUT2D eigenvalue weighted by atomic mass is 19.1. The van der Waals surface area contributed by atoms with Gasteiger partial charge in [0.25, 0.3) is 0 Å². The number of hydrogen-bond donors (Lipinski definition) is 0. The number of carbonyl (C=O) groups is 2. The molecule has 52 heavy (non-hydrogen) atoms. The third-order valence-electron chi connectivity index (χ3n) is 10.6. The number of carbonyl (C=O) groups excluding carboxylic acids is 2. The molecule has 2 aliphatic carbocycles. The Morgan fingerprint density at radius 2 is 1.17 bits per heavy atom. The molecular formula is C44H48F2O6. The lowest BCUT2D eigenvalue weighted by Gasteiger charge is -2.29. The number of allylic oxidation sites excluding steroid dienone is 2. The van der Waals surface area contributed by atoms with Gasteiger partial charge in [-0.05, 0) is 131 Å². The van der Waals surface area contributed by atoms with E-state index in [-0.39, 0.29) is 34.4 Å². The van der Waals surface area contributed by atoms with Gasteiger partial charge in [-0.3, -0.25) is 0 Å². The van der Waals surface area contributed by atoms with Crippen molar-refractivity contribution in [2.24, 2.45) is 10.8 Å². The monoisotopic (exact) mass is 710 g/mol. The summed E-state index contributed by atoms with van der Waals surface area (Å²) in [7, 11) is 5.85. The molecule has 8 heteroatoms. The molecule has 1 unspecified atom stereocenters. The van der Waals surface area contributed by atoms with E-state index in [1.165, 1.54) is 26.4 Å². The van der Waals surface area contributed by atoms with Crippen LogP contribution in [-0.4, -0.2) is 40.4 Å². The molecule has 1 fully saturated rings. The second-order valence-corrected chi connectivity index (χ2v) is 14.7. The van der Waals surface area contributed by atoms with Crippen molar-refractivity contribution in [2.75, 3.05) is 28.4 Å². The van der Waals surface area contributed by atoms with E-state index in [0.717, 1.165) is 59.9 Å². The largest absolute Gasteiger partial charge is 0.497 e. The first-order chi connectivity index (χ1) is 24.7. The van der Waals surface area contributed by atoms with Crippen molar-refractivity contribution in [3.05, 3.63) is 113 Å². The Morgan fingerprint density at radius 3 is 1.65 bits per heavy atom. The summed E-state index contributed by atoms with van der Waals surface area (Å²) in [5, 5.41) is 0. The quantitative estimate of drug-likeness (QED) is 0.170. The number of ether oxygens (including phenoxy) is 4. The molecular weight excluding hydrogens is 662 g/mol.